The highest BCUT2D eigenvalue weighted by Gasteiger charge is 2.57. The second-order valence-electron chi connectivity index (χ2n) is 9.94. The van der Waals surface area contributed by atoms with E-state index in [1.165, 1.54) is 24.7 Å². The Balaban J connectivity index is 1.78. The van der Waals surface area contributed by atoms with Crippen molar-refractivity contribution in [2.45, 2.75) is 79.2 Å². The molecule has 1 aromatic heterocycles. The van der Waals surface area contributed by atoms with Gasteiger partial charge in [-0.05, 0) is 87.4 Å². The first-order valence-corrected chi connectivity index (χ1v) is 11.8. The molecule has 0 bridgehead atoms. The quantitative estimate of drug-likeness (QED) is 0.385. The Bertz CT molecular complexity index is 749. The minimum absolute atomic E-state index is 0.0268. The Morgan fingerprint density at radius 2 is 2.03 bits per heavy atom. The molecule has 3 rings (SSSR count). The Kier molecular flexibility index (Phi) is 7.16. The van der Waals surface area contributed by atoms with Crippen molar-refractivity contribution in [2.24, 2.45) is 22.7 Å². The monoisotopic (exact) mass is 415 g/mol. The zero-order chi connectivity index (χ0) is 21.9. The van der Waals surface area contributed by atoms with E-state index in [2.05, 4.69) is 45.2 Å². The second kappa shape index (κ2) is 9.30. The third-order valence-corrected chi connectivity index (χ3v) is 8.47. The molecule has 4 heteroatoms. The van der Waals surface area contributed by atoms with E-state index in [4.69, 9.17) is 9.15 Å². The number of aryl methyl sites for hydroxylation is 1. The molecule has 1 heterocycles. The number of ether oxygens (including phenoxy) is 1. The number of furan rings is 1. The maximum absolute atomic E-state index is 12.8. The lowest BCUT2D eigenvalue weighted by Crippen LogP contribution is -2.53. The van der Waals surface area contributed by atoms with Crippen molar-refractivity contribution < 1.29 is 13.9 Å². The van der Waals surface area contributed by atoms with Gasteiger partial charge in [-0.3, -0.25) is 9.69 Å². The smallest absolute Gasteiger partial charge is 0.311 e. The maximum Gasteiger partial charge on any atom is 0.311 e. The normalized spacial score (nSPS) is 31.6. The Labute approximate surface area is 183 Å². The highest BCUT2D eigenvalue weighted by molar-refractivity contribution is 5.77. The van der Waals surface area contributed by atoms with E-state index in [0.717, 1.165) is 63.9 Å². The summed E-state index contributed by atoms with van der Waals surface area (Å²) in [6.07, 6.45) is 9.19. The highest BCUT2D eigenvalue weighted by Crippen LogP contribution is 2.62. The van der Waals surface area contributed by atoms with Gasteiger partial charge in [-0.15, -0.1) is 0 Å². The summed E-state index contributed by atoms with van der Waals surface area (Å²) in [6, 6.07) is 2.14. The van der Waals surface area contributed by atoms with E-state index < -0.39 is 0 Å². The number of esters is 1. The van der Waals surface area contributed by atoms with E-state index in [-0.39, 0.29) is 16.8 Å². The fraction of sp³-hybridized carbons (Fsp3) is 0.731. The molecule has 4 unspecified atom stereocenters. The van der Waals surface area contributed by atoms with Gasteiger partial charge in [0.15, 0.2) is 0 Å². The summed E-state index contributed by atoms with van der Waals surface area (Å²) in [5.41, 5.74) is 2.44. The first kappa shape index (κ1) is 23.1. The predicted octanol–water partition coefficient (Wildman–Crippen LogP) is 6.01. The molecule has 0 aliphatic heterocycles. The van der Waals surface area contributed by atoms with Crippen molar-refractivity contribution in [3.8, 4) is 0 Å². The van der Waals surface area contributed by atoms with E-state index in [9.17, 15) is 4.79 Å². The standard InChI is InChI=1S/C26H41NO3/c1-7-27(8-2)18-22-20(14-17-30-22)11-12-21-19(3)10-13-23-25(21,4)15-9-16-26(23,5)24(28)29-6/h14,17,21,23H,3,7-13,15-16,18H2,1-2,4-6H3. The molecular formula is C26H41NO3. The van der Waals surface area contributed by atoms with Gasteiger partial charge >= 0.3 is 5.97 Å². The molecule has 0 radical (unpaired) electrons. The molecule has 1 aromatic rings. The Hall–Kier alpha value is -1.55. The summed E-state index contributed by atoms with van der Waals surface area (Å²) in [6.45, 7) is 16.4. The van der Waals surface area contributed by atoms with E-state index in [1.807, 2.05) is 6.26 Å². The fourth-order valence-corrected chi connectivity index (χ4v) is 6.64. The Morgan fingerprint density at radius 1 is 1.30 bits per heavy atom. The summed E-state index contributed by atoms with van der Waals surface area (Å²) in [5, 5.41) is 0. The maximum atomic E-state index is 12.8. The number of fused-ring (bicyclic) bond motifs is 1. The van der Waals surface area contributed by atoms with Crippen LogP contribution in [0.5, 0.6) is 0 Å². The minimum Gasteiger partial charge on any atom is -0.469 e. The average Bonchev–Trinajstić information content (AvgIpc) is 3.17. The fourth-order valence-electron chi connectivity index (χ4n) is 6.64. The zero-order valence-electron chi connectivity index (χ0n) is 19.8. The van der Waals surface area contributed by atoms with Crippen LogP contribution in [-0.4, -0.2) is 31.1 Å². The molecule has 0 saturated heterocycles. The van der Waals surface area contributed by atoms with Gasteiger partial charge in [0.2, 0.25) is 0 Å². The van der Waals surface area contributed by atoms with Crippen LogP contribution >= 0.6 is 0 Å². The molecule has 0 spiro atoms. The number of carbonyl (C=O) groups excluding carboxylic acids is 1. The Morgan fingerprint density at radius 3 is 2.70 bits per heavy atom. The van der Waals surface area contributed by atoms with Gasteiger partial charge in [-0.2, -0.15) is 0 Å². The summed E-state index contributed by atoms with van der Waals surface area (Å²) >= 11 is 0. The van der Waals surface area contributed by atoms with Crippen LogP contribution < -0.4 is 0 Å². The van der Waals surface area contributed by atoms with Gasteiger partial charge in [0.1, 0.15) is 5.76 Å². The van der Waals surface area contributed by atoms with Crippen LogP contribution in [0.1, 0.15) is 77.5 Å². The van der Waals surface area contributed by atoms with E-state index in [1.54, 1.807) is 0 Å². The summed E-state index contributed by atoms with van der Waals surface area (Å²) in [4.78, 5) is 15.2. The molecule has 4 nitrogen and oxygen atoms in total. The zero-order valence-corrected chi connectivity index (χ0v) is 19.8. The number of nitrogens with zero attached hydrogens (tertiary/aromatic N) is 1. The number of rotatable bonds is 8. The summed E-state index contributed by atoms with van der Waals surface area (Å²) < 4.78 is 11.1. The number of hydrogen-bond acceptors (Lipinski definition) is 4. The van der Waals surface area contributed by atoms with Crippen LogP contribution in [0, 0.1) is 22.7 Å². The molecule has 30 heavy (non-hydrogen) atoms. The van der Waals surface area contributed by atoms with Crippen LogP contribution in [0.4, 0.5) is 0 Å². The molecule has 2 aliphatic rings. The number of methoxy groups -OCH3 is 1. The first-order chi connectivity index (χ1) is 14.3. The van der Waals surface area contributed by atoms with Gasteiger partial charge in [-0.1, -0.05) is 39.3 Å². The molecule has 0 amide bonds. The van der Waals surface area contributed by atoms with Crippen LogP contribution in [-0.2, 0) is 22.5 Å². The molecular weight excluding hydrogens is 374 g/mol. The van der Waals surface area contributed by atoms with Gasteiger partial charge in [0.25, 0.3) is 0 Å². The largest absolute Gasteiger partial charge is 0.469 e. The molecule has 0 N–H and O–H groups in total. The van der Waals surface area contributed by atoms with Crippen molar-refractivity contribution in [2.75, 3.05) is 20.2 Å². The third kappa shape index (κ3) is 4.12. The second-order valence-corrected chi connectivity index (χ2v) is 9.94. The number of carbonyl (C=O) groups is 1. The molecule has 4 atom stereocenters. The van der Waals surface area contributed by atoms with Crippen molar-refractivity contribution in [1.82, 2.24) is 4.90 Å². The third-order valence-electron chi connectivity index (χ3n) is 8.47. The minimum atomic E-state index is -0.371. The summed E-state index contributed by atoms with van der Waals surface area (Å²) in [7, 11) is 1.54. The van der Waals surface area contributed by atoms with Crippen molar-refractivity contribution in [1.29, 1.82) is 0 Å². The molecule has 2 fully saturated rings. The number of hydrogen-bond donors (Lipinski definition) is 0. The topological polar surface area (TPSA) is 42.7 Å². The average molecular weight is 416 g/mol. The van der Waals surface area contributed by atoms with E-state index in [0.29, 0.717) is 11.8 Å². The molecule has 2 aliphatic carbocycles. The molecule has 0 aromatic carbocycles. The highest BCUT2D eigenvalue weighted by atomic mass is 16.5. The lowest BCUT2D eigenvalue weighted by molar-refractivity contribution is -0.168. The lowest BCUT2D eigenvalue weighted by Gasteiger charge is -2.57. The van der Waals surface area contributed by atoms with Crippen LogP contribution in [0.15, 0.2) is 28.9 Å². The SMILES string of the molecule is C=C1CCC2C(C)(C(=O)OC)CCCC2(C)C1CCc1ccoc1CN(CC)CC. The number of allylic oxidation sites excluding steroid dienone is 1. The first-order valence-electron chi connectivity index (χ1n) is 11.8. The van der Waals surface area contributed by atoms with Crippen LogP contribution in [0.25, 0.3) is 0 Å². The van der Waals surface area contributed by atoms with Crippen LogP contribution in [0.2, 0.25) is 0 Å². The summed E-state index contributed by atoms with van der Waals surface area (Å²) in [5.74, 6) is 1.88. The van der Waals surface area contributed by atoms with Crippen molar-refractivity contribution in [3.05, 3.63) is 35.8 Å². The van der Waals surface area contributed by atoms with E-state index >= 15 is 0 Å². The van der Waals surface area contributed by atoms with Gasteiger partial charge in [0, 0.05) is 0 Å². The van der Waals surface area contributed by atoms with Crippen molar-refractivity contribution in [3.63, 3.8) is 0 Å². The molecule has 168 valence electrons. The van der Waals surface area contributed by atoms with Crippen molar-refractivity contribution >= 4 is 5.97 Å². The van der Waals surface area contributed by atoms with Crippen LogP contribution in [0.3, 0.4) is 0 Å². The van der Waals surface area contributed by atoms with Gasteiger partial charge in [-0.25, -0.2) is 0 Å². The molecule has 2 saturated carbocycles. The lowest BCUT2D eigenvalue weighted by atomic mass is 9.46. The van der Waals surface area contributed by atoms with Gasteiger partial charge < -0.3 is 9.15 Å². The van der Waals surface area contributed by atoms with Gasteiger partial charge in [0.05, 0.1) is 25.3 Å². The predicted molar refractivity (Wildman–Crippen MR) is 121 cm³/mol.